The summed E-state index contributed by atoms with van der Waals surface area (Å²) < 4.78 is 5.60. The van der Waals surface area contributed by atoms with Crippen LogP contribution in [0.3, 0.4) is 0 Å². The van der Waals surface area contributed by atoms with E-state index in [4.69, 9.17) is 4.74 Å². The van der Waals surface area contributed by atoms with Crippen molar-refractivity contribution in [3.63, 3.8) is 0 Å². The average molecular weight is 422 g/mol. The topological polar surface area (TPSA) is 71.0 Å². The van der Waals surface area contributed by atoms with Crippen molar-refractivity contribution in [1.82, 2.24) is 10.3 Å². The first-order valence-electron chi connectivity index (χ1n) is 10.7. The number of hydrogen-bond acceptors (Lipinski definition) is 4. The van der Waals surface area contributed by atoms with E-state index in [2.05, 4.69) is 31.3 Å². The summed E-state index contributed by atoms with van der Waals surface area (Å²) in [6.45, 7) is 9.94. The lowest BCUT2D eigenvalue weighted by atomic mass is 9.87. The molecule has 2 aromatic carbocycles. The van der Waals surface area contributed by atoms with Gasteiger partial charge in [-0.15, -0.1) is 0 Å². The Balaban J connectivity index is 1.53. The molecule has 6 nitrogen and oxygen atoms in total. The maximum absolute atomic E-state index is 12.4. The minimum absolute atomic E-state index is 0.0255. The van der Waals surface area contributed by atoms with Crippen LogP contribution in [0, 0.1) is 0 Å². The minimum atomic E-state index is -0.250. The summed E-state index contributed by atoms with van der Waals surface area (Å²) in [7, 11) is 0. The SMILES string of the molecule is C/C(=N/NC(=O)c1ccc(C(C)(C)C)cc1)c1ccc(OCC(=O)N2CCCC2)cc1. The van der Waals surface area contributed by atoms with Crippen molar-refractivity contribution < 1.29 is 14.3 Å². The molecule has 2 amide bonds. The third kappa shape index (κ3) is 6.17. The zero-order valence-electron chi connectivity index (χ0n) is 18.8. The van der Waals surface area contributed by atoms with Crippen LogP contribution < -0.4 is 10.2 Å². The van der Waals surface area contributed by atoms with Gasteiger partial charge in [-0.2, -0.15) is 5.10 Å². The van der Waals surface area contributed by atoms with Crippen LogP contribution in [-0.2, 0) is 10.2 Å². The molecule has 1 aliphatic heterocycles. The van der Waals surface area contributed by atoms with E-state index in [9.17, 15) is 9.59 Å². The predicted molar refractivity (Wildman–Crippen MR) is 123 cm³/mol. The summed E-state index contributed by atoms with van der Waals surface area (Å²) >= 11 is 0. The van der Waals surface area contributed by atoms with E-state index in [0.29, 0.717) is 17.0 Å². The molecule has 0 aliphatic carbocycles. The fraction of sp³-hybridized carbons (Fsp3) is 0.400. The summed E-state index contributed by atoms with van der Waals surface area (Å²) in [6, 6.07) is 14.9. The standard InChI is InChI=1S/C25H31N3O3/c1-18(26-27-24(30)20-7-11-21(12-8-20)25(2,3)4)19-9-13-22(14-10-19)31-17-23(29)28-15-5-6-16-28/h7-14H,5-6,15-17H2,1-4H3,(H,27,30)/b26-18-. The highest BCUT2D eigenvalue weighted by molar-refractivity contribution is 6.00. The number of likely N-dealkylation sites (tertiary alicyclic amines) is 1. The Bertz CT molecular complexity index is 935. The number of amides is 2. The van der Waals surface area contributed by atoms with Gasteiger partial charge in [-0.1, -0.05) is 32.9 Å². The molecule has 0 saturated carbocycles. The van der Waals surface area contributed by atoms with E-state index in [0.717, 1.165) is 31.5 Å². The van der Waals surface area contributed by atoms with Gasteiger partial charge in [0.15, 0.2) is 6.61 Å². The lowest BCUT2D eigenvalue weighted by molar-refractivity contribution is -0.132. The third-order valence-corrected chi connectivity index (χ3v) is 5.43. The van der Waals surface area contributed by atoms with E-state index < -0.39 is 0 Å². The number of nitrogens with zero attached hydrogens (tertiary/aromatic N) is 2. The van der Waals surface area contributed by atoms with Crippen molar-refractivity contribution in [2.45, 2.75) is 46.0 Å². The molecule has 31 heavy (non-hydrogen) atoms. The fourth-order valence-electron chi connectivity index (χ4n) is 3.38. The Kier molecular flexibility index (Phi) is 7.10. The summed E-state index contributed by atoms with van der Waals surface area (Å²) in [6.07, 6.45) is 2.13. The first-order valence-corrected chi connectivity index (χ1v) is 10.7. The molecule has 1 N–H and O–H groups in total. The van der Waals surface area contributed by atoms with Gasteiger partial charge in [-0.05, 0) is 72.7 Å². The van der Waals surface area contributed by atoms with Gasteiger partial charge in [0.25, 0.3) is 11.8 Å². The number of hydrogen-bond donors (Lipinski definition) is 1. The smallest absolute Gasteiger partial charge is 0.271 e. The van der Waals surface area contributed by atoms with Gasteiger partial charge in [0.2, 0.25) is 0 Å². The van der Waals surface area contributed by atoms with Gasteiger partial charge >= 0.3 is 0 Å². The Labute approximate surface area is 184 Å². The fourth-order valence-corrected chi connectivity index (χ4v) is 3.38. The number of nitrogens with one attached hydrogen (secondary N) is 1. The molecule has 1 saturated heterocycles. The molecule has 0 spiro atoms. The summed E-state index contributed by atoms with van der Waals surface area (Å²) in [5.41, 5.74) is 5.93. The molecular formula is C25H31N3O3. The minimum Gasteiger partial charge on any atom is -0.484 e. The molecule has 6 heteroatoms. The van der Waals surface area contributed by atoms with Crippen molar-refractivity contribution in [3.8, 4) is 5.75 Å². The van der Waals surface area contributed by atoms with Crippen molar-refractivity contribution in [2.75, 3.05) is 19.7 Å². The van der Waals surface area contributed by atoms with Crippen LogP contribution >= 0.6 is 0 Å². The molecule has 1 heterocycles. The molecule has 3 rings (SSSR count). The highest BCUT2D eigenvalue weighted by Crippen LogP contribution is 2.22. The van der Waals surface area contributed by atoms with Crippen molar-refractivity contribution >= 4 is 17.5 Å². The van der Waals surface area contributed by atoms with E-state index in [1.54, 1.807) is 12.1 Å². The third-order valence-electron chi connectivity index (χ3n) is 5.43. The number of benzene rings is 2. The number of carbonyl (C=O) groups excluding carboxylic acids is 2. The Morgan fingerprint density at radius 3 is 2.13 bits per heavy atom. The maximum atomic E-state index is 12.4. The summed E-state index contributed by atoms with van der Waals surface area (Å²) in [5, 5.41) is 4.21. The molecule has 0 aromatic heterocycles. The summed E-state index contributed by atoms with van der Waals surface area (Å²) in [4.78, 5) is 26.3. The molecular weight excluding hydrogens is 390 g/mol. The van der Waals surface area contributed by atoms with Gasteiger partial charge in [0.1, 0.15) is 5.75 Å². The van der Waals surface area contributed by atoms with Gasteiger partial charge < -0.3 is 9.64 Å². The second-order valence-corrected chi connectivity index (χ2v) is 8.87. The van der Waals surface area contributed by atoms with Crippen LogP contribution in [0.25, 0.3) is 0 Å². The van der Waals surface area contributed by atoms with Gasteiger partial charge in [-0.3, -0.25) is 9.59 Å². The van der Waals surface area contributed by atoms with E-state index in [1.165, 1.54) is 5.56 Å². The first-order chi connectivity index (χ1) is 14.7. The van der Waals surface area contributed by atoms with Crippen LogP contribution in [0.15, 0.2) is 53.6 Å². The molecule has 1 fully saturated rings. The predicted octanol–water partition coefficient (Wildman–Crippen LogP) is 4.14. The second-order valence-electron chi connectivity index (χ2n) is 8.87. The number of hydrazone groups is 1. The lowest BCUT2D eigenvalue weighted by Gasteiger charge is -2.18. The van der Waals surface area contributed by atoms with Crippen molar-refractivity contribution in [3.05, 3.63) is 65.2 Å². The maximum Gasteiger partial charge on any atom is 0.271 e. The van der Waals surface area contributed by atoms with Gasteiger partial charge in [-0.25, -0.2) is 5.43 Å². The quantitative estimate of drug-likeness (QED) is 0.563. The van der Waals surface area contributed by atoms with Crippen LogP contribution in [0.4, 0.5) is 0 Å². The van der Waals surface area contributed by atoms with E-state index in [1.807, 2.05) is 48.2 Å². The number of carbonyl (C=O) groups is 2. The molecule has 2 aromatic rings. The van der Waals surface area contributed by atoms with Crippen LogP contribution in [0.1, 0.15) is 62.0 Å². The van der Waals surface area contributed by atoms with Crippen molar-refractivity contribution in [1.29, 1.82) is 0 Å². The highest BCUT2D eigenvalue weighted by atomic mass is 16.5. The van der Waals surface area contributed by atoms with Gasteiger partial charge in [0.05, 0.1) is 5.71 Å². The van der Waals surface area contributed by atoms with Crippen LogP contribution in [0.2, 0.25) is 0 Å². The Hall–Kier alpha value is -3.15. The zero-order valence-corrected chi connectivity index (χ0v) is 18.8. The molecule has 0 radical (unpaired) electrons. The second kappa shape index (κ2) is 9.77. The number of ether oxygens (including phenoxy) is 1. The Morgan fingerprint density at radius 1 is 0.968 bits per heavy atom. The highest BCUT2D eigenvalue weighted by Gasteiger charge is 2.18. The molecule has 0 bridgehead atoms. The van der Waals surface area contributed by atoms with E-state index in [-0.39, 0.29) is 23.8 Å². The zero-order chi connectivity index (χ0) is 22.4. The summed E-state index contributed by atoms with van der Waals surface area (Å²) in [5.74, 6) is 0.407. The molecule has 1 aliphatic rings. The van der Waals surface area contributed by atoms with Crippen LogP contribution in [0.5, 0.6) is 5.75 Å². The van der Waals surface area contributed by atoms with Crippen LogP contribution in [-0.4, -0.2) is 42.1 Å². The number of rotatable bonds is 6. The monoisotopic (exact) mass is 421 g/mol. The largest absolute Gasteiger partial charge is 0.484 e. The van der Waals surface area contributed by atoms with E-state index >= 15 is 0 Å². The first kappa shape index (κ1) is 22.5. The normalized spacial score (nSPS) is 14.5. The molecule has 0 unspecified atom stereocenters. The van der Waals surface area contributed by atoms with Gasteiger partial charge in [0, 0.05) is 18.7 Å². The molecule has 0 atom stereocenters. The average Bonchev–Trinajstić information content (AvgIpc) is 3.30. The molecule has 164 valence electrons. The Morgan fingerprint density at radius 2 is 1.55 bits per heavy atom. The lowest BCUT2D eigenvalue weighted by Crippen LogP contribution is -2.32. The van der Waals surface area contributed by atoms with Crippen molar-refractivity contribution in [2.24, 2.45) is 5.10 Å².